The molecule has 31 heavy (non-hydrogen) atoms. The lowest BCUT2D eigenvalue weighted by molar-refractivity contribution is -0.131. The molecule has 0 radical (unpaired) electrons. The normalized spacial score (nSPS) is 13.1. The van der Waals surface area contributed by atoms with Gasteiger partial charge in [-0.2, -0.15) is 8.78 Å². The topological polar surface area (TPSA) is 67.9 Å². The summed E-state index contributed by atoms with van der Waals surface area (Å²) in [6, 6.07) is 11.9. The molecule has 2 aromatic rings. The number of benzene rings is 2. The number of rotatable bonds is 10. The largest absolute Gasteiger partial charge is 0.490 e. The van der Waals surface area contributed by atoms with Crippen molar-refractivity contribution in [2.24, 2.45) is 0 Å². The van der Waals surface area contributed by atoms with Crippen LogP contribution in [0.3, 0.4) is 0 Å². The van der Waals surface area contributed by atoms with Crippen molar-refractivity contribution in [2.45, 2.75) is 45.9 Å². The molecule has 0 heterocycles. The third-order valence-corrected chi connectivity index (χ3v) is 4.90. The van der Waals surface area contributed by atoms with Gasteiger partial charge >= 0.3 is 6.61 Å². The van der Waals surface area contributed by atoms with Gasteiger partial charge in [-0.05, 0) is 56.5 Å². The number of nitrogens with one attached hydrogen (secondary N) is 1. The molecule has 2 aromatic carbocycles. The van der Waals surface area contributed by atoms with Crippen molar-refractivity contribution < 1.29 is 27.8 Å². The van der Waals surface area contributed by atoms with E-state index in [1.807, 2.05) is 19.1 Å². The van der Waals surface area contributed by atoms with Gasteiger partial charge in [0.15, 0.2) is 11.5 Å². The number of amides is 2. The number of ether oxygens (including phenoxy) is 2. The Labute approximate surface area is 180 Å². The second-order valence-corrected chi connectivity index (χ2v) is 7.39. The van der Waals surface area contributed by atoms with Gasteiger partial charge in [0.05, 0.1) is 13.2 Å². The zero-order valence-corrected chi connectivity index (χ0v) is 17.6. The highest BCUT2D eigenvalue weighted by atomic mass is 19.3. The summed E-state index contributed by atoms with van der Waals surface area (Å²) in [5, 5.41) is 2.67. The molecule has 166 valence electrons. The van der Waals surface area contributed by atoms with Crippen LogP contribution >= 0.6 is 0 Å². The molecule has 6 nitrogen and oxygen atoms in total. The number of hydrogen-bond acceptors (Lipinski definition) is 4. The predicted octanol–water partition coefficient (Wildman–Crippen LogP) is 3.92. The third kappa shape index (κ3) is 6.41. The molecule has 0 saturated heterocycles. The van der Waals surface area contributed by atoms with Gasteiger partial charge in [-0.1, -0.05) is 23.8 Å². The Morgan fingerprint density at radius 2 is 1.84 bits per heavy atom. The average Bonchev–Trinajstić information content (AvgIpc) is 3.57. The van der Waals surface area contributed by atoms with E-state index < -0.39 is 6.61 Å². The maximum atomic E-state index is 12.8. The summed E-state index contributed by atoms with van der Waals surface area (Å²) in [5.74, 6) is -0.350. The summed E-state index contributed by atoms with van der Waals surface area (Å²) in [6.45, 7) is 1.19. The fourth-order valence-electron chi connectivity index (χ4n) is 3.18. The summed E-state index contributed by atoms with van der Waals surface area (Å²) in [6.07, 6.45) is 1.78. The van der Waals surface area contributed by atoms with Crippen LogP contribution < -0.4 is 14.8 Å². The molecule has 1 aliphatic rings. The summed E-state index contributed by atoms with van der Waals surface area (Å²) in [5.41, 5.74) is 2.27. The molecule has 0 aromatic heterocycles. The lowest BCUT2D eigenvalue weighted by Crippen LogP contribution is -2.41. The van der Waals surface area contributed by atoms with Crippen LogP contribution in [0.15, 0.2) is 42.5 Å². The minimum atomic E-state index is -2.95. The average molecular weight is 432 g/mol. The molecule has 3 rings (SSSR count). The van der Waals surface area contributed by atoms with E-state index >= 15 is 0 Å². The Hall–Kier alpha value is -3.16. The zero-order valence-electron chi connectivity index (χ0n) is 17.6. The van der Waals surface area contributed by atoms with Crippen molar-refractivity contribution in [2.75, 3.05) is 13.2 Å². The lowest BCUT2D eigenvalue weighted by atomic mass is 10.1. The maximum Gasteiger partial charge on any atom is 0.387 e. The smallest absolute Gasteiger partial charge is 0.387 e. The van der Waals surface area contributed by atoms with Gasteiger partial charge in [0.1, 0.15) is 0 Å². The van der Waals surface area contributed by atoms with E-state index in [4.69, 9.17) is 4.74 Å². The molecule has 0 unspecified atom stereocenters. The minimum Gasteiger partial charge on any atom is -0.490 e. The van der Waals surface area contributed by atoms with Gasteiger partial charge in [-0.3, -0.25) is 9.59 Å². The van der Waals surface area contributed by atoms with E-state index in [0.717, 1.165) is 24.0 Å². The second kappa shape index (κ2) is 10.2. The Balaban J connectivity index is 1.65. The zero-order chi connectivity index (χ0) is 22.4. The standard InChI is InChI=1S/C23H26F2N2O4/c1-3-30-20-12-16(6-11-19(20)31-23(24)25)14-27(18-9-10-18)21(28)13-26-22(29)17-7-4-15(2)5-8-17/h4-8,11-12,18,23H,3,9-10,13-14H2,1-2H3,(H,26,29). The molecular formula is C23H26F2N2O4. The fraction of sp³-hybridized carbons (Fsp3) is 0.391. The van der Waals surface area contributed by atoms with Crippen molar-refractivity contribution >= 4 is 11.8 Å². The van der Waals surface area contributed by atoms with Gasteiger partial charge in [-0.15, -0.1) is 0 Å². The molecule has 1 aliphatic carbocycles. The van der Waals surface area contributed by atoms with Crippen molar-refractivity contribution in [3.63, 3.8) is 0 Å². The van der Waals surface area contributed by atoms with E-state index in [1.54, 1.807) is 36.1 Å². The Kier molecular flexibility index (Phi) is 7.44. The van der Waals surface area contributed by atoms with E-state index in [0.29, 0.717) is 18.7 Å². The van der Waals surface area contributed by atoms with Crippen molar-refractivity contribution in [3.05, 3.63) is 59.2 Å². The first-order valence-electron chi connectivity index (χ1n) is 10.2. The monoisotopic (exact) mass is 432 g/mol. The number of carbonyl (C=O) groups is 2. The highest BCUT2D eigenvalue weighted by Gasteiger charge is 2.32. The van der Waals surface area contributed by atoms with Crippen LogP contribution in [0.1, 0.15) is 41.3 Å². The van der Waals surface area contributed by atoms with Crippen LogP contribution in [0.2, 0.25) is 0 Å². The highest BCUT2D eigenvalue weighted by Crippen LogP contribution is 2.33. The first-order chi connectivity index (χ1) is 14.9. The summed E-state index contributed by atoms with van der Waals surface area (Å²) in [7, 11) is 0. The molecule has 0 atom stereocenters. The number of aryl methyl sites for hydroxylation is 1. The number of nitrogens with zero attached hydrogens (tertiary/aromatic N) is 1. The highest BCUT2D eigenvalue weighted by molar-refractivity contribution is 5.96. The Morgan fingerprint density at radius 3 is 2.45 bits per heavy atom. The number of carbonyl (C=O) groups excluding carboxylic acids is 2. The first kappa shape index (κ1) is 22.5. The summed E-state index contributed by atoms with van der Waals surface area (Å²) in [4.78, 5) is 26.8. The number of halogens is 2. The van der Waals surface area contributed by atoms with Crippen LogP contribution in [-0.2, 0) is 11.3 Å². The quantitative estimate of drug-likeness (QED) is 0.618. The van der Waals surface area contributed by atoms with Crippen molar-refractivity contribution in [1.29, 1.82) is 0 Å². The van der Waals surface area contributed by atoms with Crippen molar-refractivity contribution in [1.82, 2.24) is 10.2 Å². The van der Waals surface area contributed by atoms with Gasteiger partial charge in [-0.25, -0.2) is 0 Å². The Bertz CT molecular complexity index is 914. The maximum absolute atomic E-state index is 12.8. The molecule has 2 amide bonds. The second-order valence-electron chi connectivity index (χ2n) is 7.39. The molecule has 0 bridgehead atoms. The number of alkyl halides is 2. The number of hydrogen-bond donors (Lipinski definition) is 1. The molecular weight excluding hydrogens is 406 g/mol. The SMILES string of the molecule is CCOc1cc(CN(C(=O)CNC(=O)c2ccc(C)cc2)C2CC2)ccc1OC(F)F. The predicted molar refractivity (Wildman–Crippen MR) is 111 cm³/mol. The molecule has 0 spiro atoms. The fourth-order valence-corrected chi connectivity index (χ4v) is 3.18. The van der Waals surface area contributed by atoms with E-state index in [9.17, 15) is 18.4 Å². The summed E-state index contributed by atoms with van der Waals surface area (Å²) < 4.78 is 35.1. The lowest BCUT2D eigenvalue weighted by Gasteiger charge is -2.23. The van der Waals surface area contributed by atoms with Gasteiger partial charge < -0.3 is 19.7 Å². The van der Waals surface area contributed by atoms with Crippen LogP contribution in [0.4, 0.5) is 8.78 Å². The summed E-state index contributed by atoms with van der Waals surface area (Å²) >= 11 is 0. The third-order valence-electron chi connectivity index (χ3n) is 4.90. The van der Waals surface area contributed by atoms with Crippen molar-refractivity contribution in [3.8, 4) is 11.5 Å². The molecule has 0 aliphatic heterocycles. The molecule has 1 fully saturated rings. The van der Waals surface area contributed by atoms with Crippen LogP contribution in [0, 0.1) is 6.92 Å². The molecule has 8 heteroatoms. The molecule has 1 N–H and O–H groups in total. The van der Waals surface area contributed by atoms with E-state index in [-0.39, 0.29) is 35.9 Å². The van der Waals surface area contributed by atoms with Gasteiger partial charge in [0.2, 0.25) is 5.91 Å². The molecule has 1 saturated carbocycles. The van der Waals surface area contributed by atoms with Gasteiger partial charge in [0, 0.05) is 18.2 Å². The van der Waals surface area contributed by atoms with E-state index in [1.165, 1.54) is 6.07 Å². The van der Waals surface area contributed by atoms with Crippen LogP contribution in [-0.4, -0.2) is 42.5 Å². The van der Waals surface area contributed by atoms with Crippen LogP contribution in [0.5, 0.6) is 11.5 Å². The van der Waals surface area contributed by atoms with E-state index in [2.05, 4.69) is 10.1 Å². The minimum absolute atomic E-state index is 0.0461. The first-order valence-corrected chi connectivity index (χ1v) is 10.2. The van der Waals surface area contributed by atoms with Gasteiger partial charge in [0.25, 0.3) is 5.91 Å². The Morgan fingerprint density at radius 1 is 1.13 bits per heavy atom. The van der Waals surface area contributed by atoms with Crippen LogP contribution in [0.25, 0.3) is 0 Å².